The predicted molar refractivity (Wildman–Crippen MR) is 162 cm³/mol. The third-order valence-corrected chi connectivity index (χ3v) is 7.48. The van der Waals surface area contributed by atoms with E-state index < -0.39 is 23.3 Å². The number of likely N-dealkylation sites (tertiary alicyclic amines) is 2. The molecule has 5 rings (SSSR count). The minimum atomic E-state index is -0.616. The molecule has 4 heterocycles. The minimum absolute atomic E-state index is 0.151. The molecule has 0 saturated carbocycles. The fraction of sp³-hybridized carbons (Fsp3) is 0.531. The number of rotatable bonds is 5. The molecule has 2 fully saturated rings. The Balaban J connectivity index is 1.22. The van der Waals surface area contributed by atoms with Crippen LogP contribution in [0.15, 0.2) is 36.5 Å². The molecule has 0 aliphatic carbocycles. The van der Waals surface area contributed by atoms with Crippen LogP contribution in [0.1, 0.15) is 84.8 Å². The maximum absolute atomic E-state index is 12.9. The van der Waals surface area contributed by atoms with Gasteiger partial charge in [0.2, 0.25) is 5.91 Å². The highest BCUT2D eigenvalue weighted by Crippen LogP contribution is 2.33. The molecule has 43 heavy (non-hydrogen) atoms. The third-order valence-electron chi connectivity index (χ3n) is 7.48. The van der Waals surface area contributed by atoms with E-state index in [0.29, 0.717) is 25.2 Å². The Morgan fingerprint density at radius 2 is 1.56 bits per heavy atom. The summed E-state index contributed by atoms with van der Waals surface area (Å²) in [6.45, 7) is 12.5. The van der Waals surface area contributed by atoms with Crippen molar-refractivity contribution in [1.29, 1.82) is 0 Å². The topological polar surface area (TPSA) is 130 Å². The molecule has 2 atom stereocenters. The summed E-state index contributed by atoms with van der Waals surface area (Å²) in [6.07, 6.45) is 4.09. The number of carbonyl (C=O) groups excluding carboxylic acids is 3. The Morgan fingerprint density at radius 3 is 2.23 bits per heavy atom. The molecular formula is C32H42N6O5. The van der Waals surface area contributed by atoms with Crippen LogP contribution in [0.5, 0.6) is 0 Å². The smallest absolute Gasteiger partial charge is 0.410 e. The molecule has 11 heteroatoms. The summed E-state index contributed by atoms with van der Waals surface area (Å²) in [6, 6.07) is 9.15. The lowest BCUT2D eigenvalue weighted by Gasteiger charge is -2.28. The molecule has 3 aromatic rings. The number of hydrogen-bond acceptors (Lipinski definition) is 7. The summed E-state index contributed by atoms with van der Waals surface area (Å²) in [7, 11) is 0. The van der Waals surface area contributed by atoms with Crippen molar-refractivity contribution in [2.75, 3.05) is 13.1 Å². The zero-order valence-corrected chi connectivity index (χ0v) is 25.9. The molecule has 1 unspecified atom stereocenters. The zero-order valence-electron chi connectivity index (χ0n) is 25.9. The number of H-pyrrole nitrogens is 1. The van der Waals surface area contributed by atoms with Crippen molar-refractivity contribution in [2.45, 2.75) is 97.1 Å². The number of amides is 3. The van der Waals surface area contributed by atoms with Gasteiger partial charge in [0.25, 0.3) is 0 Å². The van der Waals surface area contributed by atoms with Gasteiger partial charge in [-0.15, -0.1) is 0 Å². The molecule has 11 nitrogen and oxygen atoms in total. The van der Waals surface area contributed by atoms with Crippen molar-refractivity contribution < 1.29 is 23.9 Å². The van der Waals surface area contributed by atoms with E-state index in [2.05, 4.69) is 15.3 Å². The first-order valence-corrected chi connectivity index (χ1v) is 15.0. The van der Waals surface area contributed by atoms with Crippen LogP contribution in [0.2, 0.25) is 0 Å². The van der Waals surface area contributed by atoms with Gasteiger partial charge in [-0.2, -0.15) is 0 Å². The van der Waals surface area contributed by atoms with E-state index in [9.17, 15) is 14.4 Å². The van der Waals surface area contributed by atoms with Crippen LogP contribution in [-0.2, 0) is 20.8 Å². The Kier molecular flexibility index (Phi) is 8.36. The van der Waals surface area contributed by atoms with Crippen LogP contribution in [0, 0.1) is 0 Å². The Labute approximate surface area is 252 Å². The van der Waals surface area contributed by atoms with Gasteiger partial charge in [-0.1, -0.05) is 12.1 Å². The van der Waals surface area contributed by atoms with E-state index in [0.717, 1.165) is 47.2 Å². The first-order valence-electron chi connectivity index (χ1n) is 15.0. The van der Waals surface area contributed by atoms with Gasteiger partial charge >= 0.3 is 12.2 Å². The summed E-state index contributed by atoms with van der Waals surface area (Å²) in [5.74, 6) is 0.550. The number of pyridine rings is 1. The standard InChI is InChI=1S/C32H42N6O5/c1-31(2,3)42-29(40)37-15-7-9-25(37)27-35-23-14-12-20(17-24(23)36-27)21-11-13-22(33-18-21)19-34-28(39)26-10-8-16-38(26)30(41)43-32(4,5)6/h11-14,17-18,25-26H,7-10,15-16,19H2,1-6H3,(H,34,39)(H,35,36)/t25-,26?/m0/s1. The summed E-state index contributed by atoms with van der Waals surface area (Å²) >= 11 is 0. The van der Waals surface area contributed by atoms with Gasteiger partial charge in [0.05, 0.1) is 29.3 Å². The molecule has 2 aromatic heterocycles. The van der Waals surface area contributed by atoms with Gasteiger partial charge in [-0.05, 0) is 91.0 Å². The number of imidazole rings is 1. The molecule has 0 spiro atoms. The number of fused-ring (bicyclic) bond motifs is 1. The minimum Gasteiger partial charge on any atom is -0.444 e. The van der Waals surface area contributed by atoms with Crippen LogP contribution in [0.4, 0.5) is 9.59 Å². The fourth-order valence-corrected chi connectivity index (χ4v) is 5.53. The van der Waals surface area contributed by atoms with Gasteiger partial charge in [-0.25, -0.2) is 14.6 Å². The molecule has 2 aliphatic heterocycles. The Bertz CT molecular complexity index is 1490. The lowest BCUT2D eigenvalue weighted by Crippen LogP contribution is -2.47. The number of hydrogen-bond donors (Lipinski definition) is 2. The number of nitrogens with one attached hydrogen (secondary N) is 2. The zero-order chi connectivity index (χ0) is 30.9. The molecule has 2 saturated heterocycles. The third kappa shape index (κ3) is 7.26. The summed E-state index contributed by atoms with van der Waals surface area (Å²) in [5, 5.41) is 2.92. The second kappa shape index (κ2) is 11.9. The van der Waals surface area contributed by atoms with Crippen LogP contribution in [0.25, 0.3) is 22.2 Å². The normalized spacial score (nSPS) is 19.1. The highest BCUT2D eigenvalue weighted by atomic mass is 16.6. The van der Waals surface area contributed by atoms with Crippen molar-refractivity contribution in [2.24, 2.45) is 0 Å². The maximum Gasteiger partial charge on any atom is 0.410 e. The molecule has 1 aromatic carbocycles. The van der Waals surface area contributed by atoms with Crippen LogP contribution in [0.3, 0.4) is 0 Å². The van der Waals surface area contributed by atoms with Crippen molar-refractivity contribution in [3.05, 3.63) is 48.0 Å². The molecule has 0 radical (unpaired) electrons. The number of carbonyl (C=O) groups is 3. The number of aromatic nitrogens is 3. The summed E-state index contributed by atoms with van der Waals surface area (Å²) < 4.78 is 11.1. The quantitative estimate of drug-likeness (QED) is 0.389. The van der Waals surface area contributed by atoms with Crippen molar-refractivity contribution in [3.8, 4) is 11.1 Å². The largest absolute Gasteiger partial charge is 0.444 e. The molecule has 3 amide bonds. The first-order chi connectivity index (χ1) is 20.3. The molecule has 2 N–H and O–H groups in total. The number of ether oxygens (including phenoxy) is 2. The van der Waals surface area contributed by atoms with E-state index in [1.165, 1.54) is 4.90 Å². The fourth-order valence-electron chi connectivity index (χ4n) is 5.53. The second-order valence-electron chi connectivity index (χ2n) is 13.3. The number of benzene rings is 1. The van der Waals surface area contributed by atoms with Crippen molar-refractivity contribution in [1.82, 2.24) is 30.1 Å². The average molecular weight is 591 g/mol. The average Bonchev–Trinajstić information content (AvgIpc) is 3.68. The van der Waals surface area contributed by atoms with Gasteiger partial charge in [0.1, 0.15) is 23.1 Å². The van der Waals surface area contributed by atoms with Crippen LogP contribution >= 0.6 is 0 Å². The van der Waals surface area contributed by atoms with Gasteiger partial charge < -0.3 is 19.8 Å². The Hall–Kier alpha value is -4.15. The van der Waals surface area contributed by atoms with E-state index >= 15 is 0 Å². The monoisotopic (exact) mass is 590 g/mol. The van der Waals surface area contributed by atoms with Gasteiger partial charge in [-0.3, -0.25) is 19.6 Å². The SMILES string of the molecule is CC(C)(C)OC(=O)N1CCCC1C(=O)NCc1ccc(-c2ccc3nc([C@@H]4CCCN4C(=O)OC(C)(C)C)[nH]c3c2)cn1. The van der Waals surface area contributed by atoms with E-state index in [4.69, 9.17) is 14.5 Å². The lowest BCUT2D eigenvalue weighted by atomic mass is 10.1. The van der Waals surface area contributed by atoms with Gasteiger partial charge in [0.15, 0.2) is 0 Å². The Morgan fingerprint density at radius 1 is 0.907 bits per heavy atom. The first kappa shape index (κ1) is 30.3. The predicted octanol–water partition coefficient (Wildman–Crippen LogP) is 5.71. The number of nitrogens with zero attached hydrogens (tertiary/aromatic N) is 4. The molecule has 2 aliphatic rings. The van der Waals surface area contributed by atoms with E-state index in [1.807, 2.05) is 71.9 Å². The summed E-state index contributed by atoms with van der Waals surface area (Å²) in [4.78, 5) is 54.3. The van der Waals surface area contributed by atoms with Crippen molar-refractivity contribution >= 4 is 29.1 Å². The molecule has 0 bridgehead atoms. The molecule has 230 valence electrons. The van der Waals surface area contributed by atoms with Crippen LogP contribution in [-0.4, -0.2) is 73.2 Å². The highest BCUT2D eigenvalue weighted by Gasteiger charge is 2.37. The van der Waals surface area contributed by atoms with E-state index in [1.54, 1.807) is 11.1 Å². The second-order valence-corrected chi connectivity index (χ2v) is 13.3. The lowest BCUT2D eigenvalue weighted by molar-refractivity contribution is -0.125. The summed E-state index contributed by atoms with van der Waals surface area (Å²) in [5.41, 5.74) is 3.15. The number of aromatic amines is 1. The highest BCUT2D eigenvalue weighted by molar-refractivity contribution is 5.86. The van der Waals surface area contributed by atoms with Crippen LogP contribution < -0.4 is 5.32 Å². The maximum atomic E-state index is 12.9. The van der Waals surface area contributed by atoms with Crippen molar-refractivity contribution in [3.63, 3.8) is 0 Å². The van der Waals surface area contributed by atoms with Gasteiger partial charge in [0, 0.05) is 24.8 Å². The molecular weight excluding hydrogens is 548 g/mol. The van der Waals surface area contributed by atoms with E-state index in [-0.39, 0.29) is 24.6 Å².